The summed E-state index contributed by atoms with van der Waals surface area (Å²) in [6.45, 7) is 3.12. The molecule has 0 aliphatic carbocycles. The number of carbonyl (C=O) groups is 2. The van der Waals surface area contributed by atoms with Crippen LogP contribution in [0, 0.1) is 0 Å². The Morgan fingerprint density at radius 1 is 1.11 bits per heavy atom. The number of nitrogens with zero attached hydrogens (tertiary/aromatic N) is 3. The summed E-state index contributed by atoms with van der Waals surface area (Å²) in [5.74, 6) is -0.177. The van der Waals surface area contributed by atoms with Gasteiger partial charge in [-0.05, 0) is 23.6 Å². The van der Waals surface area contributed by atoms with Gasteiger partial charge in [0.05, 0.1) is 18.7 Å². The highest BCUT2D eigenvalue weighted by Crippen LogP contribution is 2.33. The molecule has 1 unspecified atom stereocenters. The fraction of sp³-hybridized carbons (Fsp3) is 0.474. The average molecular weight is 391 g/mol. The van der Waals surface area contributed by atoms with Crippen LogP contribution < -0.4 is 0 Å². The van der Waals surface area contributed by atoms with Crippen molar-refractivity contribution in [3.8, 4) is 0 Å². The smallest absolute Gasteiger partial charge is 0.225 e. The van der Waals surface area contributed by atoms with Gasteiger partial charge in [0.15, 0.2) is 0 Å². The fourth-order valence-electron chi connectivity index (χ4n) is 3.68. The molecule has 1 aromatic carbocycles. The number of rotatable bonds is 3. The number of benzene rings is 1. The second-order valence-electron chi connectivity index (χ2n) is 6.99. The van der Waals surface area contributed by atoms with Crippen molar-refractivity contribution < 1.29 is 18.0 Å². The highest BCUT2D eigenvalue weighted by molar-refractivity contribution is 7.88. The molecule has 0 N–H and O–H groups in total. The summed E-state index contributed by atoms with van der Waals surface area (Å²) in [5, 5.41) is 0. The Morgan fingerprint density at radius 2 is 1.85 bits per heavy atom. The predicted molar refractivity (Wildman–Crippen MR) is 103 cm³/mol. The summed E-state index contributed by atoms with van der Waals surface area (Å²) >= 11 is 0. The van der Waals surface area contributed by atoms with Crippen LogP contribution in [-0.4, -0.2) is 66.8 Å². The second-order valence-corrected chi connectivity index (χ2v) is 8.97. The number of carbonyl (C=O) groups excluding carboxylic acids is 2. The molecule has 0 radical (unpaired) electrons. The molecule has 27 heavy (non-hydrogen) atoms. The van der Waals surface area contributed by atoms with E-state index in [0.717, 1.165) is 11.1 Å². The first kappa shape index (κ1) is 19.6. The van der Waals surface area contributed by atoms with Crippen LogP contribution in [0.25, 0.3) is 6.08 Å². The van der Waals surface area contributed by atoms with Crippen LogP contribution in [0.15, 0.2) is 30.5 Å². The molecule has 1 atom stereocenters. The van der Waals surface area contributed by atoms with Gasteiger partial charge in [0, 0.05) is 39.3 Å². The number of hydrogen-bond acceptors (Lipinski definition) is 4. The van der Waals surface area contributed by atoms with E-state index in [2.05, 4.69) is 0 Å². The molecule has 8 heteroatoms. The van der Waals surface area contributed by atoms with E-state index >= 15 is 0 Å². The Bertz CT molecular complexity index is 865. The maximum absolute atomic E-state index is 12.9. The van der Waals surface area contributed by atoms with Gasteiger partial charge in [-0.25, -0.2) is 12.7 Å². The van der Waals surface area contributed by atoms with Gasteiger partial charge < -0.3 is 9.80 Å². The average Bonchev–Trinajstić information content (AvgIpc) is 2.88. The second kappa shape index (κ2) is 7.82. The van der Waals surface area contributed by atoms with E-state index in [9.17, 15) is 18.0 Å². The van der Waals surface area contributed by atoms with E-state index in [1.807, 2.05) is 30.3 Å². The summed E-state index contributed by atoms with van der Waals surface area (Å²) in [5.41, 5.74) is 1.96. The van der Waals surface area contributed by atoms with Gasteiger partial charge in [-0.2, -0.15) is 0 Å². The molecular formula is C19H25N3O4S. The summed E-state index contributed by atoms with van der Waals surface area (Å²) < 4.78 is 24.9. The molecule has 2 aliphatic heterocycles. The van der Waals surface area contributed by atoms with Crippen LogP contribution in [0.4, 0.5) is 0 Å². The maximum Gasteiger partial charge on any atom is 0.225 e. The van der Waals surface area contributed by atoms with Gasteiger partial charge in [0.1, 0.15) is 0 Å². The Hall–Kier alpha value is -2.19. The van der Waals surface area contributed by atoms with Gasteiger partial charge in [-0.3, -0.25) is 9.59 Å². The minimum Gasteiger partial charge on any atom is -0.341 e. The molecule has 0 aromatic heterocycles. The lowest BCUT2D eigenvalue weighted by Gasteiger charge is -2.33. The first-order valence-electron chi connectivity index (χ1n) is 9.06. The minimum atomic E-state index is -3.25. The number of hydrogen-bond donors (Lipinski definition) is 0. The quantitative estimate of drug-likeness (QED) is 0.781. The molecule has 1 fully saturated rings. The van der Waals surface area contributed by atoms with Gasteiger partial charge in [-0.1, -0.05) is 24.3 Å². The molecule has 3 rings (SSSR count). The van der Waals surface area contributed by atoms with Gasteiger partial charge in [-0.15, -0.1) is 0 Å². The summed E-state index contributed by atoms with van der Waals surface area (Å²) in [6.07, 6.45) is 5.60. The largest absolute Gasteiger partial charge is 0.341 e. The van der Waals surface area contributed by atoms with E-state index in [-0.39, 0.29) is 24.3 Å². The lowest BCUT2D eigenvalue weighted by Crippen LogP contribution is -2.39. The monoisotopic (exact) mass is 391 g/mol. The zero-order valence-corrected chi connectivity index (χ0v) is 16.5. The summed E-state index contributed by atoms with van der Waals surface area (Å²) in [7, 11) is -3.25. The van der Waals surface area contributed by atoms with Crippen molar-refractivity contribution in [2.45, 2.75) is 25.8 Å². The third-order valence-corrected chi connectivity index (χ3v) is 6.42. The van der Waals surface area contributed by atoms with E-state index in [1.54, 1.807) is 16.0 Å². The Morgan fingerprint density at radius 3 is 2.56 bits per heavy atom. The van der Waals surface area contributed by atoms with Crippen LogP contribution in [-0.2, 0) is 19.6 Å². The van der Waals surface area contributed by atoms with Crippen LogP contribution in [0.5, 0.6) is 0 Å². The van der Waals surface area contributed by atoms with Gasteiger partial charge in [0.2, 0.25) is 21.8 Å². The van der Waals surface area contributed by atoms with Crippen LogP contribution in [0.2, 0.25) is 0 Å². The van der Waals surface area contributed by atoms with Gasteiger partial charge in [0.25, 0.3) is 0 Å². The van der Waals surface area contributed by atoms with Crippen LogP contribution >= 0.6 is 0 Å². The van der Waals surface area contributed by atoms with Crippen molar-refractivity contribution in [1.29, 1.82) is 0 Å². The zero-order valence-electron chi connectivity index (χ0n) is 15.7. The molecule has 1 saturated heterocycles. The lowest BCUT2D eigenvalue weighted by molar-refractivity contribution is -0.134. The molecule has 0 saturated carbocycles. The van der Waals surface area contributed by atoms with E-state index in [1.165, 1.54) is 17.5 Å². The zero-order chi connectivity index (χ0) is 19.6. The highest BCUT2D eigenvalue weighted by atomic mass is 32.2. The standard InChI is InChI=1S/C19H25N3O4S/c1-15(23)22-11-8-16-6-3-4-7-17(16)18(22)14-19(24)20-9-5-10-21(13-12-20)27(2,25)26/h3-4,6-8,11,18H,5,9-10,12-14H2,1-2H3. The first-order chi connectivity index (χ1) is 12.8. The topological polar surface area (TPSA) is 78.0 Å². The van der Waals surface area contributed by atoms with Crippen LogP contribution in [0.1, 0.15) is 36.9 Å². The van der Waals surface area contributed by atoms with Crippen molar-refractivity contribution in [2.24, 2.45) is 0 Å². The third-order valence-electron chi connectivity index (χ3n) is 5.11. The van der Waals surface area contributed by atoms with Gasteiger partial charge >= 0.3 is 0 Å². The summed E-state index contributed by atoms with van der Waals surface area (Å²) in [6, 6.07) is 7.41. The van der Waals surface area contributed by atoms with E-state index in [0.29, 0.717) is 32.6 Å². The Kier molecular flexibility index (Phi) is 5.67. The Balaban J connectivity index is 1.76. The van der Waals surface area contributed by atoms with Crippen molar-refractivity contribution in [3.05, 3.63) is 41.6 Å². The fourth-order valence-corrected chi connectivity index (χ4v) is 4.56. The van der Waals surface area contributed by atoms with Crippen LogP contribution in [0.3, 0.4) is 0 Å². The van der Waals surface area contributed by atoms with Crippen molar-refractivity contribution in [2.75, 3.05) is 32.4 Å². The maximum atomic E-state index is 12.9. The molecule has 2 heterocycles. The molecule has 2 amide bonds. The molecule has 0 bridgehead atoms. The molecule has 0 spiro atoms. The summed E-state index contributed by atoms with van der Waals surface area (Å²) in [4.78, 5) is 28.3. The molecule has 1 aromatic rings. The highest BCUT2D eigenvalue weighted by Gasteiger charge is 2.31. The van der Waals surface area contributed by atoms with Crippen molar-refractivity contribution >= 4 is 27.9 Å². The van der Waals surface area contributed by atoms with Crippen molar-refractivity contribution in [1.82, 2.24) is 14.1 Å². The predicted octanol–water partition coefficient (Wildman–Crippen LogP) is 1.44. The number of sulfonamides is 1. The molecular weight excluding hydrogens is 366 g/mol. The molecule has 2 aliphatic rings. The minimum absolute atomic E-state index is 0.0632. The number of amides is 2. The molecule has 146 valence electrons. The molecule has 7 nitrogen and oxygen atoms in total. The Labute approximate surface area is 160 Å². The number of fused-ring (bicyclic) bond motifs is 1. The lowest BCUT2D eigenvalue weighted by atomic mass is 9.93. The SMILES string of the molecule is CC(=O)N1C=Cc2ccccc2C1CC(=O)N1CCCN(S(C)(=O)=O)CC1. The van der Waals surface area contributed by atoms with Crippen molar-refractivity contribution in [3.63, 3.8) is 0 Å². The third kappa shape index (κ3) is 4.39. The normalized spacial score (nSPS) is 20.9. The first-order valence-corrected chi connectivity index (χ1v) is 10.9. The van der Waals surface area contributed by atoms with E-state index in [4.69, 9.17) is 0 Å². The van der Waals surface area contributed by atoms with E-state index < -0.39 is 10.0 Å².